The second kappa shape index (κ2) is 8.52. The fourth-order valence-electron chi connectivity index (χ4n) is 3.02. The molecule has 3 rings (SSSR count). The SMILES string of the molecule is COCC1(C(=O)O)CCCN1Cc1cn2cccnc2n1.O=C(O)C(F)(F)F. The molecular formula is C16H19F3N4O5. The van der Waals surface area contributed by atoms with E-state index < -0.39 is 23.7 Å². The number of carbonyl (C=O) groups is 2. The Hall–Kier alpha value is -2.73. The normalized spacial score (nSPS) is 20.0. The maximum atomic E-state index is 11.7. The van der Waals surface area contributed by atoms with Crippen LogP contribution in [0.5, 0.6) is 0 Å². The summed E-state index contributed by atoms with van der Waals surface area (Å²) in [6.45, 7) is 1.41. The second-order valence-electron chi connectivity index (χ2n) is 6.16. The molecule has 0 amide bonds. The Morgan fingerprint density at radius 3 is 2.57 bits per heavy atom. The number of fused-ring (bicyclic) bond motifs is 1. The average Bonchev–Trinajstić information content (AvgIpc) is 3.19. The van der Waals surface area contributed by atoms with E-state index in [-0.39, 0.29) is 6.61 Å². The van der Waals surface area contributed by atoms with E-state index in [9.17, 15) is 23.1 Å². The largest absolute Gasteiger partial charge is 0.490 e. The number of alkyl halides is 3. The van der Waals surface area contributed by atoms with Gasteiger partial charge in [0.15, 0.2) is 0 Å². The smallest absolute Gasteiger partial charge is 0.480 e. The van der Waals surface area contributed by atoms with E-state index in [4.69, 9.17) is 14.6 Å². The molecule has 1 fully saturated rings. The Morgan fingerprint density at radius 2 is 2.04 bits per heavy atom. The van der Waals surface area contributed by atoms with Gasteiger partial charge in [-0.1, -0.05) is 0 Å². The van der Waals surface area contributed by atoms with E-state index in [1.807, 2.05) is 27.8 Å². The van der Waals surface area contributed by atoms with Gasteiger partial charge in [0.2, 0.25) is 5.78 Å². The quantitative estimate of drug-likeness (QED) is 0.769. The second-order valence-corrected chi connectivity index (χ2v) is 6.16. The van der Waals surface area contributed by atoms with Crippen molar-refractivity contribution in [1.29, 1.82) is 0 Å². The first-order valence-electron chi connectivity index (χ1n) is 8.16. The number of halogens is 3. The van der Waals surface area contributed by atoms with Gasteiger partial charge in [0, 0.05) is 32.2 Å². The zero-order valence-corrected chi connectivity index (χ0v) is 14.9. The highest BCUT2D eigenvalue weighted by molar-refractivity contribution is 5.79. The molecule has 0 spiro atoms. The number of aliphatic carboxylic acids is 2. The highest BCUT2D eigenvalue weighted by Crippen LogP contribution is 2.31. The number of methoxy groups -OCH3 is 1. The van der Waals surface area contributed by atoms with Gasteiger partial charge in [-0.2, -0.15) is 13.2 Å². The van der Waals surface area contributed by atoms with Crippen LogP contribution in [0, 0.1) is 0 Å². The lowest BCUT2D eigenvalue weighted by Gasteiger charge is -2.33. The Labute approximate surface area is 157 Å². The van der Waals surface area contributed by atoms with Crippen LogP contribution in [0.4, 0.5) is 13.2 Å². The van der Waals surface area contributed by atoms with Gasteiger partial charge in [-0.15, -0.1) is 0 Å². The molecule has 3 heterocycles. The minimum absolute atomic E-state index is 0.188. The minimum Gasteiger partial charge on any atom is -0.480 e. The van der Waals surface area contributed by atoms with Crippen molar-refractivity contribution in [2.45, 2.75) is 31.1 Å². The van der Waals surface area contributed by atoms with Gasteiger partial charge in [-0.25, -0.2) is 14.8 Å². The van der Waals surface area contributed by atoms with E-state index in [0.29, 0.717) is 18.7 Å². The average molecular weight is 404 g/mol. The molecule has 2 aromatic rings. The molecule has 1 unspecified atom stereocenters. The number of rotatable bonds is 5. The molecule has 0 aliphatic carbocycles. The van der Waals surface area contributed by atoms with Crippen LogP contribution >= 0.6 is 0 Å². The summed E-state index contributed by atoms with van der Waals surface area (Å²) < 4.78 is 38.7. The maximum Gasteiger partial charge on any atom is 0.490 e. The molecule has 12 heteroatoms. The van der Waals surface area contributed by atoms with Crippen molar-refractivity contribution in [2.24, 2.45) is 0 Å². The molecule has 154 valence electrons. The fourth-order valence-corrected chi connectivity index (χ4v) is 3.02. The third-order valence-electron chi connectivity index (χ3n) is 4.29. The summed E-state index contributed by atoms with van der Waals surface area (Å²) in [6.07, 6.45) is 1.82. The molecule has 0 radical (unpaired) electrons. The number of likely N-dealkylation sites (tertiary alicyclic amines) is 1. The lowest BCUT2D eigenvalue weighted by Crippen LogP contribution is -2.53. The number of ether oxygens (including phenoxy) is 1. The highest BCUT2D eigenvalue weighted by atomic mass is 19.4. The van der Waals surface area contributed by atoms with Crippen molar-refractivity contribution in [3.05, 3.63) is 30.4 Å². The van der Waals surface area contributed by atoms with Crippen molar-refractivity contribution in [1.82, 2.24) is 19.3 Å². The van der Waals surface area contributed by atoms with E-state index in [1.54, 1.807) is 6.20 Å². The number of carboxylic acid groups (broad SMARTS) is 2. The lowest BCUT2D eigenvalue weighted by molar-refractivity contribution is -0.192. The molecule has 28 heavy (non-hydrogen) atoms. The minimum atomic E-state index is -5.08. The Morgan fingerprint density at radius 1 is 1.36 bits per heavy atom. The van der Waals surface area contributed by atoms with Gasteiger partial charge < -0.3 is 14.9 Å². The van der Waals surface area contributed by atoms with Crippen LogP contribution in [0.1, 0.15) is 18.5 Å². The van der Waals surface area contributed by atoms with Crippen LogP contribution in [0.25, 0.3) is 5.78 Å². The Kier molecular flexibility index (Phi) is 6.56. The number of imidazole rings is 1. The molecule has 0 bridgehead atoms. The summed E-state index contributed by atoms with van der Waals surface area (Å²) >= 11 is 0. The molecule has 9 nitrogen and oxygen atoms in total. The Bertz CT molecular complexity index is 808. The lowest BCUT2D eigenvalue weighted by atomic mass is 9.97. The summed E-state index contributed by atoms with van der Waals surface area (Å²) in [4.78, 5) is 31.2. The van der Waals surface area contributed by atoms with Crippen LogP contribution < -0.4 is 0 Å². The van der Waals surface area contributed by atoms with Gasteiger partial charge in [0.05, 0.1) is 12.3 Å². The molecule has 1 aliphatic rings. The van der Waals surface area contributed by atoms with Crippen LogP contribution in [0.15, 0.2) is 24.7 Å². The van der Waals surface area contributed by atoms with Crippen molar-refractivity contribution < 1.29 is 37.7 Å². The number of hydrogen-bond donors (Lipinski definition) is 2. The van der Waals surface area contributed by atoms with Crippen LogP contribution in [0.2, 0.25) is 0 Å². The summed E-state index contributed by atoms with van der Waals surface area (Å²) in [7, 11) is 1.54. The molecule has 1 aliphatic heterocycles. The maximum absolute atomic E-state index is 11.7. The number of hydrogen-bond acceptors (Lipinski definition) is 6. The molecule has 1 saturated heterocycles. The third-order valence-corrected chi connectivity index (χ3v) is 4.29. The summed E-state index contributed by atoms with van der Waals surface area (Å²) in [5, 5.41) is 16.7. The predicted octanol–water partition coefficient (Wildman–Crippen LogP) is 1.43. The van der Waals surface area contributed by atoms with E-state index in [0.717, 1.165) is 18.7 Å². The van der Waals surface area contributed by atoms with Crippen LogP contribution in [-0.4, -0.2) is 73.4 Å². The first kappa shape index (κ1) is 21.6. The molecule has 2 aromatic heterocycles. The van der Waals surface area contributed by atoms with Crippen molar-refractivity contribution >= 4 is 17.7 Å². The van der Waals surface area contributed by atoms with Gasteiger partial charge in [-0.05, 0) is 25.5 Å². The van der Waals surface area contributed by atoms with Crippen LogP contribution in [-0.2, 0) is 20.9 Å². The number of nitrogens with zero attached hydrogens (tertiary/aromatic N) is 4. The van der Waals surface area contributed by atoms with Gasteiger partial charge in [-0.3, -0.25) is 14.1 Å². The monoisotopic (exact) mass is 404 g/mol. The number of aromatic nitrogens is 3. The van der Waals surface area contributed by atoms with E-state index in [2.05, 4.69) is 9.97 Å². The van der Waals surface area contributed by atoms with Gasteiger partial charge in [0.1, 0.15) is 5.54 Å². The zero-order chi connectivity index (χ0) is 20.9. The topological polar surface area (TPSA) is 117 Å². The summed E-state index contributed by atoms with van der Waals surface area (Å²) in [6, 6.07) is 1.83. The first-order valence-corrected chi connectivity index (χ1v) is 8.16. The summed E-state index contributed by atoms with van der Waals surface area (Å²) in [5.74, 6) is -2.96. The van der Waals surface area contributed by atoms with Crippen LogP contribution in [0.3, 0.4) is 0 Å². The van der Waals surface area contributed by atoms with Gasteiger partial charge >= 0.3 is 18.1 Å². The third kappa shape index (κ3) is 4.75. The highest BCUT2D eigenvalue weighted by Gasteiger charge is 2.48. The standard InChI is InChI=1S/C14H18N4O3.C2HF3O2/c1-21-10-14(12(19)20)4-2-7-18(14)9-11-8-17-6-3-5-15-13(17)16-11;3-2(4,5)1(6)7/h3,5-6,8H,2,4,7,9-10H2,1H3,(H,19,20);(H,6,7). The van der Waals surface area contributed by atoms with Crippen molar-refractivity contribution in [2.75, 3.05) is 20.3 Å². The zero-order valence-electron chi connectivity index (χ0n) is 14.9. The fraction of sp³-hybridized carbons (Fsp3) is 0.500. The molecule has 0 saturated carbocycles. The van der Waals surface area contributed by atoms with Crippen molar-refractivity contribution in [3.8, 4) is 0 Å². The first-order chi connectivity index (χ1) is 13.1. The predicted molar refractivity (Wildman–Crippen MR) is 88.6 cm³/mol. The Balaban J connectivity index is 0.000000345. The molecule has 0 aromatic carbocycles. The molecule has 1 atom stereocenters. The van der Waals surface area contributed by atoms with E-state index in [1.165, 1.54) is 7.11 Å². The van der Waals surface area contributed by atoms with E-state index >= 15 is 0 Å². The summed E-state index contributed by atoms with van der Waals surface area (Å²) in [5.41, 5.74) is -0.129. The molecule has 2 N–H and O–H groups in total. The van der Waals surface area contributed by atoms with Gasteiger partial charge in [0.25, 0.3) is 0 Å². The number of carboxylic acids is 2. The van der Waals surface area contributed by atoms with Crippen molar-refractivity contribution in [3.63, 3.8) is 0 Å². The molecular weight excluding hydrogens is 385 g/mol.